The summed E-state index contributed by atoms with van der Waals surface area (Å²) < 4.78 is 5.32. The lowest BCUT2D eigenvalue weighted by atomic mass is 10.1. The van der Waals surface area contributed by atoms with E-state index >= 15 is 0 Å². The molecule has 0 aromatic carbocycles. The van der Waals surface area contributed by atoms with Crippen LogP contribution in [0.25, 0.3) is 0 Å². The number of hydrogen-bond acceptors (Lipinski definition) is 3. The van der Waals surface area contributed by atoms with E-state index in [-0.39, 0.29) is 11.4 Å². The van der Waals surface area contributed by atoms with E-state index in [2.05, 4.69) is 5.32 Å². The normalized spacial score (nSPS) is 26.7. The van der Waals surface area contributed by atoms with Crippen molar-refractivity contribution in [2.45, 2.75) is 57.7 Å². The SMILES string of the molecule is CC1C(=O)NC2(CC2)CN1C(=O)OC(C)(C)C. The van der Waals surface area contributed by atoms with Gasteiger partial charge in [-0.3, -0.25) is 9.69 Å². The summed E-state index contributed by atoms with van der Waals surface area (Å²) in [6.45, 7) is 7.77. The maximum absolute atomic E-state index is 12.0. The van der Waals surface area contributed by atoms with Crippen molar-refractivity contribution < 1.29 is 14.3 Å². The standard InChI is InChI=1S/C12H20N2O3/c1-8-9(15)13-12(5-6-12)7-14(8)10(16)17-11(2,3)4/h8H,5-7H2,1-4H3,(H,13,15). The van der Waals surface area contributed by atoms with Gasteiger partial charge in [0.05, 0.1) is 5.54 Å². The minimum Gasteiger partial charge on any atom is -0.444 e. The molecule has 0 bridgehead atoms. The molecule has 1 heterocycles. The van der Waals surface area contributed by atoms with Crippen molar-refractivity contribution in [2.24, 2.45) is 0 Å². The van der Waals surface area contributed by atoms with Crippen LogP contribution in [0, 0.1) is 0 Å². The zero-order valence-corrected chi connectivity index (χ0v) is 10.9. The second-order valence-electron chi connectivity index (χ2n) is 6.05. The maximum Gasteiger partial charge on any atom is 0.411 e. The van der Waals surface area contributed by atoms with Gasteiger partial charge in [0.15, 0.2) is 0 Å². The highest BCUT2D eigenvalue weighted by atomic mass is 16.6. The van der Waals surface area contributed by atoms with Crippen LogP contribution >= 0.6 is 0 Å². The number of piperazine rings is 1. The van der Waals surface area contributed by atoms with Crippen molar-refractivity contribution in [3.05, 3.63) is 0 Å². The van der Waals surface area contributed by atoms with E-state index in [0.717, 1.165) is 12.8 Å². The maximum atomic E-state index is 12.0. The molecule has 1 unspecified atom stereocenters. The molecule has 2 amide bonds. The Bertz CT molecular complexity index is 355. The van der Waals surface area contributed by atoms with Crippen LogP contribution in [0.15, 0.2) is 0 Å². The zero-order valence-electron chi connectivity index (χ0n) is 10.9. The molecule has 1 atom stereocenters. The van der Waals surface area contributed by atoms with Gasteiger partial charge in [0, 0.05) is 6.54 Å². The Labute approximate surface area is 101 Å². The number of rotatable bonds is 0. The second-order valence-corrected chi connectivity index (χ2v) is 6.05. The molecular weight excluding hydrogens is 220 g/mol. The Morgan fingerprint density at radius 1 is 1.47 bits per heavy atom. The Morgan fingerprint density at radius 2 is 2.06 bits per heavy atom. The van der Waals surface area contributed by atoms with Gasteiger partial charge in [0.25, 0.3) is 0 Å². The summed E-state index contributed by atoms with van der Waals surface area (Å²) in [6, 6.07) is -0.448. The largest absolute Gasteiger partial charge is 0.444 e. The van der Waals surface area contributed by atoms with E-state index in [9.17, 15) is 9.59 Å². The summed E-state index contributed by atoms with van der Waals surface area (Å²) in [7, 11) is 0. The highest BCUT2D eigenvalue weighted by Gasteiger charge is 2.52. The molecule has 1 spiro atoms. The van der Waals surface area contributed by atoms with Gasteiger partial charge in [-0.25, -0.2) is 4.79 Å². The number of carbonyl (C=O) groups is 2. The van der Waals surface area contributed by atoms with Crippen LogP contribution in [0.4, 0.5) is 4.79 Å². The summed E-state index contributed by atoms with van der Waals surface area (Å²) in [4.78, 5) is 25.3. The smallest absolute Gasteiger partial charge is 0.411 e. The number of nitrogens with one attached hydrogen (secondary N) is 1. The molecule has 17 heavy (non-hydrogen) atoms. The molecule has 1 saturated carbocycles. The third kappa shape index (κ3) is 2.53. The van der Waals surface area contributed by atoms with Gasteiger partial charge in [-0.05, 0) is 40.5 Å². The monoisotopic (exact) mass is 240 g/mol. The molecule has 1 aliphatic carbocycles. The van der Waals surface area contributed by atoms with Crippen LogP contribution in [0.1, 0.15) is 40.5 Å². The number of carbonyl (C=O) groups excluding carboxylic acids is 2. The van der Waals surface area contributed by atoms with Crippen molar-refractivity contribution >= 4 is 12.0 Å². The summed E-state index contributed by atoms with van der Waals surface area (Å²) in [5.41, 5.74) is -0.693. The molecule has 2 aliphatic rings. The lowest BCUT2D eigenvalue weighted by molar-refractivity contribution is -0.130. The highest BCUT2D eigenvalue weighted by Crippen LogP contribution is 2.39. The van der Waals surface area contributed by atoms with Crippen LogP contribution in [0.5, 0.6) is 0 Å². The van der Waals surface area contributed by atoms with E-state index < -0.39 is 17.7 Å². The molecule has 1 aliphatic heterocycles. The highest BCUT2D eigenvalue weighted by molar-refractivity contribution is 5.87. The van der Waals surface area contributed by atoms with Gasteiger partial charge in [0.1, 0.15) is 11.6 Å². The molecule has 5 heteroatoms. The fourth-order valence-corrected chi connectivity index (χ4v) is 1.99. The number of amides is 2. The van der Waals surface area contributed by atoms with E-state index in [1.54, 1.807) is 6.92 Å². The van der Waals surface area contributed by atoms with E-state index in [0.29, 0.717) is 6.54 Å². The Morgan fingerprint density at radius 3 is 2.53 bits per heavy atom. The van der Waals surface area contributed by atoms with Gasteiger partial charge in [-0.15, -0.1) is 0 Å². The summed E-state index contributed by atoms with van der Waals surface area (Å²) in [5.74, 6) is -0.0837. The first-order valence-electron chi connectivity index (χ1n) is 6.04. The van der Waals surface area contributed by atoms with Crippen LogP contribution in [0.3, 0.4) is 0 Å². The first kappa shape index (κ1) is 12.2. The Balaban J connectivity index is 2.08. The van der Waals surface area contributed by atoms with Crippen molar-refractivity contribution in [1.82, 2.24) is 10.2 Å². The number of ether oxygens (including phenoxy) is 1. The van der Waals surface area contributed by atoms with Crippen molar-refractivity contribution in [3.63, 3.8) is 0 Å². The quantitative estimate of drug-likeness (QED) is 0.693. The first-order chi connectivity index (χ1) is 7.72. The third-order valence-electron chi connectivity index (χ3n) is 3.19. The molecule has 0 radical (unpaired) electrons. The average molecular weight is 240 g/mol. The molecule has 1 saturated heterocycles. The molecule has 0 aromatic rings. The predicted octanol–water partition coefficient (Wildman–Crippen LogP) is 1.27. The van der Waals surface area contributed by atoms with Crippen molar-refractivity contribution in [3.8, 4) is 0 Å². The van der Waals surface area contributed by atoms with Crippen LogP contribution in [0.2, 0.25) is 0 Å². The summed E-state index contributed by atoms with van der Waals surface area (Å²) in [5, 5.41) is 2.98. The molecule has 2 rings (SSSR count). The number of hydrogen-bond donors (Lipinski definition) is 1. The first-order valence-corrected chi connectivity index (χ1v) is 6.04. The van der Waals surface area contributed by atoms with Gasteiger partial charge < -0.3 is 10.1 Å². The number of nitrogens with zero attached hydrogens (tertiary/aromatic N) is 1. The fraction of sp³-hybridized carbons (Fsp3) is 0.833. The lowest BCUT2D eigenvalue weighted by Gasteiger charge is -2.38. The summed E-state index contributed by atoms with van der Waals surface area (Å²) >= 11 is 0. The van der Waals surface area contributed by atoms with Crippen molar-refractivity contribution in [1.29, 1.82) is 0 Å². The van der Waals surface area contributed by atoms with Crippen LogP contribution < -0.4 is 5.32 Å². The minimum absolute atomic E-state index is 0.0837. The topological polar surface area (TPSA) is 58.6 Å². The molecule has 96 valence electrons. The predicted molar refractivity (Wildman–Crippen MR) is 62.5 cm³/mol. The molecule has 1 N–H and O–H groups in total. The second kappa shape index (κ2) is 3.62. The minimum atomic E-state index is -0.526. The molecular formula is C12H20N2O3. The van der Waals surface area contributed by atoms with Gasteiger partial charge in [-0.1, -0.05) is 0 Å². The lowest BCUT2D eigenvalue weighted by Crippen LogP contribution is -2.62. The average Bonchev–Trinajstić information content (AvgIpc) is 2.89. The zero-order chi connectivity index (χ0) is 12.8. The fourth-order valence-electron chi connectivity index (χ4n) is 1.99. The van der Waals surface area contributed by atoms with E-state index in [1.165, 1.54) is 4.90 Å². The molecule has 2 fully saturated rings. The third-order valence-corrected chi connectivity index (χ3v) is 3.19. The Kier molecular flexibility index (Phi) is 2.60. The summed E-state index contributed by atoms with van der Waals surface area (Å²) in [6.07, 6.45) is 1.50. The molecule has 0 aromatic heterocycles. The van der Waals surface area contributed by atoms with Gasteiger partial charge in [-0.2, -0.15) is 0 Å². The van der Waals surface area contributed by atoms with Crippen LogP contribution in [-0.4, -0.2) is 40.6 Å². The van der Waals surface area contributed by atoms with Gasteiger partial charge >= 0.3 is 6.09 Å². The van der Waals surface area contributed by atoms with Crippen LogP contribution in [-0.2, 0) is 9.53 Å². The van der Waals surface area contributed by atoms with E-state index in [1.807, 2.05) is 20.8 Å². The van der Waals surface area contributed by atoms with E-state index in [4.69, 9.17) is 4.74 Å². The Hall–Kier alpha value is -1.26. The van der Waals surface area contributed by atoms with Gasteiger partial charge in [0.2, 0.25) is 5.91 Å². The molecule has 5 nitrogen and oxygen atoms in total. The van der Waals surface area contributed by atoms with Crippen molar-refractivity contribution in [2.75, 3.05) is 6.54 Å².